The van der Waals surface area contributed by atoms with Gasteiger partial charge < -0.3 is 15.2 Å². The number of nitrogens with one attached hydrogen (secondary N) is 1. The van der Waals surface area contributed by atoms with Crippen molar-refractivity contribution < 1.29 is 14.6 Å². The number of hydrogen-bond acceptors (Lipinski definition) is 4. The molecule has 4 rings (SSSR count). The van der Waals surface area contributed by atoms with Gasteiger partial charge in [0.1, 0.15) is 11.6 Å². The summed E-state index contributed by atoms with van der Waals surface area (Å²) in [6, 6.07) is 24.3. The number of para-hydroxylation sites is 2. The maximum atomic E-state index is 11.6. The highest BCUT2D eigenvalue weighted by molar-refractivity contribution is 5.95. The number of rotatable bonds is 6. The number of nitrogens with zero attached hydrogens (tertiary/aromatic N) is 2. The number of methoxy groups -OCH3 is 1. The van der Waals surface area contributed by atoms with Gasteiger partial charge in [-0.2, -0.15) is 5.10 Å². The van der Waals surface area contributed by atoms with Crippen molar-refractivity contribution in [3.63, 3.8) is 0 Å². The number of carboxylic acid groups (broad SMARTS) is 1. The van der Waals surface area contributed by atoms with E-state index >= 15 is 0 Å². The van der Waals surface area contributed by atoms with E-state index in [1.165, 1.54) is 0 Å². The van der Waals surface area contributed by atoms with Gasteiger partial charge in [-0.15, -0.1) is 0 Å². The van der Waals surface area contributed by atoms with Gasteiger partial charge in [-0.3, -0.25) is 0 Å². The van der Waals surface area contributed by atoms with Crippen molar-refractivity contribution in [2.24, 2.45) is 0 Å². The first-order valence-electron chi connectivity index (χ1n) is 9.46. The Morgan fingerprint density at radius 1 is 1.00 bits per heavy atom. The molecule has 0 unspecified atom stereocenters. The van der Waals surface area contributed by atoms with Crippen LogP contribution in [0.4, 0.5) is 11.5 Å². The zero-order valence-corrected chi connectivity index (χ0v) is 16.7. The molecular formula is C24H21N3O3. The van der Waals surface area contributed by atoms with E-state index in [4.69, 9.17) is 9.84 Å². The van der Waals surface area contributed by atoms with Crippen LogP contribution in [0.2, 0.25) is 0 Å². The Balaban J connectivity index is 1.85. The molecule has 0 amide bonds. The lowest BCUT2D eigenvalue weighted by Gasteiger charge is -2.13. The number of aromatic nitrogens is 2. The van der Waals surface area contributed by atoms with Crippen LogP contribution in [0.1, 0.15) is 15.9 Å². The summed E-state index contributed by atoms with van der Waals surface area (Å²) in [4.78, 5) is 11.6. The Morgan fingerprint density at radius 2 is 1.77 bits per heavy atom. The van der Waals surface area contributed by atoms with Gasteiger partial charge in [0.15, 0.2) is 0 Å². The van der Waals surface area contributed by atoms with Crippen molar-refractivity contribution >= 4 is 17.5 Å². The van der Waals surface area contributed by atoms with Gasteiger partial charge in [-0.25, -0.2) is 9.48 Å². The average Bonchev–Trinajstić information content (AvgIpc) is 3.18. The van der Waals surface area contributed by atoms with Crippen LogP contribution >= 0.6 is 0 Å². The fourth-order valence-corrected chi connectivity index (χ4v) is 3.29. The topological polar surface area (TPSA) is 76.4 Å². The third kappa shape index (κ3) is 3.75. The second-order valence-electron chi connectivity index (χ2n) is 6.82. The number of aromatic carboxylic acids is 1. The van der Waals surface area contributed by atoms with Crippen molar-refractivity contribution in [1.29, 1.82) is 0 Å². The lowest BCUT2D eigenvalue weighted by Crippen LogP contribution is -2.07. The number of aryl methyl sites for hydroxylation is 1. The summed E-state index contributed by atoms with van der Waals surface area (Å²) in [5, 5.41) is 17.6. The molecule has 0 bridgehead atoms. The van der Waals surface area contributed by atoms with Gasteiger partial charge in [-0.05, 0) is 42.8 Å². The van der Waals surface area contributed by atoms with Crippen LogP contribution in [0.3, 0.4) is 0 Å². The molecule has 0 saturated carbocycles. The molecule has 4 aromatic rings. The normalized spacial score (nSPS) is 10.6. The first-order chi connectivity index (χ1) is 14.6. The van der Waals surface area contributed by atoms with Crippen molar-refractivity contribution in [2.75, 3.05) is 12.4 Å². The van der Waals surface area contributed by atoms with Gasteiger partial charge in [0.05, 0.1) is 29.7 Å². The van der Waals surface area contributed by atoms with Gasteiger partial charge >= 0.3 is 5.97 Å². The number of hydrogen-bond donors (Lipinski definition) is 2. The second-order valence-corrected chi connectivity index (χ2v) is 6.82. The highest BCUT2D eigenvalue weighted by Gasteiger charge is 2.16. The smallest absolute Gasteiger partial charge is 0.337 e. The summed E-state index contributed by atoms with van der Waals surface area (Å²) in [6.45, 7) is 2.01. The molecule has 0 spiro atoms. The molecule has 1 heterocycles. The Bertz CT molecular complexity index is 1210. The molecule has 0 atom stereocenters. The predicted molar refractivity (Wildman–Crippen MR) is 117 cm³/mol. The van der Waals surface area contributed by atoms with Crippen molar-refractivity contribution in [3.8, 4) is 22.7 Å². The number of carboxylic acids is 1. The fourth-order valence-electron chi connectivity index (χ4n) is 3.29. The average molecular weight is 399 g/mol. The zero-order chi connectivity index (χ0) is 21.1. The highest BCUT2D eigenvalue weighted by Crippen LogP contribution is 2.30. The molecular weight excluding hydrogens is 378 g/mol. The van der Waals surface area contributed by atoms with E-state index in [2.05, 4.69) is 5.32 Å². The predicted octanol–water partition coefficient (Wildman–Crippen LogP) is 5.30. The largest absolute Gasteiger partial charge is 0.497 e. The molecule has 0 saturated heterocycles. The van der Waals surface area contributed by atoms with Gasteiger partial charge in [0.25, 0.3) is 0 Å². The maximum absolute atomic E-state index is 11.6. The number of benzene rings is 3. The standard InChI is InChI=1S/C24H21N3O3/c1-16-8-3-6-13-22(16)27-23(25-20-12-5-4-11-19(20)24(28)29)15-21(26-27)17-9-7-10-18(14-17)30-2/h3-15,25H,1-2H3,(H,28,29). The van der Waals surface area contributed by atoms with Crippen LogP contribution in [-0.2, 0) is 0 Å². The summed E-state index contributed by atoms with van der Waals surface area (Å²) in [5.41, 5.74) is 4.29. The minimum absolute atomic E-state index is 0.193. The minimum atomic E-state index is -0.993. The van der Waals surface area contributed by atoms with Crippen LogP contribution < -0.4 is 10.1 Å². The summed E-state index contributed by atoms with van der Waals surface area (Å²) in [7, 11) is 1.63. The molecule has 2 N–H and O–H groups in total. The summed E-state index contributed by atoms with van der Waals surface area (Å²) in [5.74, 6) is 0.410. The second kappa shape index (κ2) is 8.13. The molecule has 0 aliphatic carbocycles. The third-order valence-corrected chi connectivity index (χ3v) is 4.84. The van der Waals surface area contributed by atoms with E-state index in [1.807, 2.05) is 61.5 Å². The van der Waals surface area contributed by atoms with E-state index in [-0.39, 0.29) is 5.56 Å². The van der Waals surface area contributed by atoms with E-state index < -0.39 is 5.97 Å². The Labute approximate surface area is 174 Å². The van der Waals surface area contributed by atoms with E-state index in [9.17, 15) is 9.90 Å². The molecule has 6 heteroatoms. The van der Waals surface area contributed by atoms with Crippen molar-refractivity contribution in [1.82, 2.24) is 9.78 Å². The first kappa shape index (κ1) is 19.3. The summed E-state index contributed by atoms with van der Waals surface area (Å²) >= 11 is 0. The Morgan fingerprint density at radius 3 is 2.53 bits per heavy atom. The molecule has 150 valence electrons. The van der Waals surface area contributed by atoms with Crippen LogP contribution in [0, 0.1) is 6.92 Å². The highest BCUT2D eigenvalue weighted by atomic mass is 16.5. The molecule has 30 heavy (non-hydrogen) atoms. The molecule has 0 aliphatic heterocycles. The van der Waals surface area contributed by atoms with E-state index in [1.54, 1.807) is 36.1 Å². The van der Waals surface area contributed by atoms with Crippen LogP contribution in [0.5, 0.6) is 5.75 Å². The monoisotopic (exact) mass is 399 g/mol. The maximum Gasteiger partial charge on any atom is 0.337 e. The van der Waals surface area contributed by atoms with Gasteiger partial charge in [-0.1, -0.05) is 42.5 Å². The van der Waals surface area contributed by atoms with Crippen LogP contribution in [0.15, 0.2) is 78.9 Å². The van der Waals surface area contributed by atoms with E-state index in [0.717, 1.165) is 28.3 Å². The van der Waals surface area contributed by atoms with Crippen molar-refractivity contribution in [2.45, 2.75) is 6.92 Å². The van der Waals surface area contributed by atoms with Crippen LogP contribution in [0.25, 0.3) is 16.9 Å². The molecule has 6 nitrogen and oxygen atoms in total. The Hall–Kier alpha value is -4.06. The third-order valence-electron chi connectivity index (χ3n) is 4.84. The van der Waals surface area contributed by atoms with Crippen LogP contribution in [-0.4, -0.2) is 28.0 Å². The lowest BCUT2D eigenvalue weighted by molar-refractivity contribution is 0.0698. The molecule has 1 aromatic heterocycles. The fraction of sp³-hybridized carbons (Fsp3) is 0.0833. The molecule has 0 aliphatic rings. The van der Waals surface area contributed by atoms with Gasteiger partial charge in [0, 0.05) is 11.6 Å². The molecule has 0 fully saturated rings. The Kier molecular flexibility index (Phi) is 5.22. The number of anilines is 2. The van der Waals surface area contributed by atoms with Crippen molar-refractivity contribution in [3.05, 3.63) is 90.0 Å². The zero-order valence-electron chi connectivity index (χ0n) is 16.7. The number of ether oxygens (including phenoxy) is 1. The van der Waals surface area contributed by atoms with E-state index in [0.29, 0.717) is 11.5 Å². The minimum Gasteiger partial charge on any atom is -0.497 e. The van der Waals surface area contributed by atoms with Gasteiger partial charge in [0.2, 0.25) is 0 Å². The molecule has 3 aromatic carbocycles. The number of carbonyl (C=O) groups is 1. The molecule has 0 radical (unpaired) electrons. The summed E-state index contributed by atoms with van der Waals surface area (Å²) < 4.78 is 7.13. The SMILES string of the molecule is COc1cccc(-c2cc(Nc3ccccc3C(=O)O)n(-c3ccccc3C)n2)c1. The lowest BCUT2D eigenvalue weighted by atomic mass is 10.1. The first-order valence-corrected chi connectivity index (χ1v) is 9.46. The summed E-state index contributed by atoms with van der Waals surface area (Å²) in [6.07, 6.45) is 0. The quantitative estimate of drug-likeness (QED) is 0.460.